The van der Waals surface area contributed by atoms with E-state index >= 15 is 0 Å². The molecule has 2 saturated heterocycles. The molecule has 0 radical (unpaired) electrons. The summed E-state index contributed by atoms with van der Waals surface area (Å²) in [6, 6.07) is 16.7. The van der Waals surface area contributed by atoms with Crippen molar-refractivity contribution >= 4 is 5.91 Å². The van der Waals surface area contributed by atoms with Crippen molar-refractivity contribution in [3.63, 3.8) is 0 Å². The van der Waals surface area contributed by atoms with E-state index in [9.17, 15) is 4.79 Å². The van der Waals surface area contributed by atoms with E-state index in [0.29, 0.717) is 17.7 Å². The summed E-state index contributed by atoms with van der Waals surface area (Å²) in [5.41, 5.74) is 2.01. The van der Waals surface area contributed by atoms with Crippen LogP contribution < -0.4 is 0 Å². The molecule has 2 fully saturated rings. The maximum Gasteiger partial charge on any atom is 0.272 e. The smallest absolute Gasteiger partial charge is 0.272 e. The van der Waals surface area contributed by atoms with Gasteiger partial charge in [0.25, 0.3) is 5.91 Å². The molecular formula is C23H29N3O. The predicted molar refractivity (Wildman–Crippen MR) is 108 cm³/mol. The van der Waals surface area contributed by atoms with E-state index in [1.165, 1.54) is 18.4 Å². The van der Waals surface area contributed by atoms with Gasteiger partial charge in [-0.1, -0.05) is 36.4 Å². The highest BCUT2D eigenvalue weighted by molar-refractivity contribution is 5.92. The Morgan fingerprint density at radius 2 is 1.89 bits per heavy atom. The van der Waals surface area contributed by atoms with Gasteiger partial charge in [0, 0.05) is 31.9 Å². The fraction of sp³-hybridized carbons (Fsp3) is 0.478. The quantitative estimate of drug-likeness (QED) is 0.814. The Morgan fingerprint density at radius 1 is 1.04 bits per heavy atom. The number of nitrogens with zero attached hydrogens (tertiary/aromatic N) is 3. The minimum absolute atomic E-state index is 0.114. The zero-order valence-electron chi connectivity index (χ0n) is 16.0. The molecule has 4 heteroatoms. The Balaban J connectivity index is 1.31. The number of benzene rings is 1. The third-order valence-corrected chi connectivity index (χ3v) is 6.08. The van der Waals surface area contributed by atoms with Crippen molar-refractivity contribution in [2.75, 3.05) is 26.2 Å². The SMILES string of the molecule is O=C(c1ccccn1)N1CCC[C@@H]2CN(CCCc3ccccc3)CC[C@@H]21. The van der Waals surface area contributed by atoms with Gasteiger partial charge in [-0.3, -0.25) is 9.78 Å². The monoisotopic (exact) mass is 363 g/mol. The lowest BCUT2D eigenvalue weighted by molar-refractivity contribution is 0.0196. The summed E-state index contributed by atoms with van der Waals surface area (Å²) in [4.78, 5) is 21.9. The molecule has 1 amide bonds. The van der Waals surface area contributed by atoms with E-state index in [1.54, 1.807) is 6.20 Å². The van der Waals surface area contributed by atoms with Crippen molar-refractivity contribution in [1.29, 1.82) is 0 Å². The number of likely N-dealkylation sites (tertiary alicyclic amines) is 2. The minimum Gasteiger partial charge on any atom is -0.334 e. The Morgan fingerprint density at radius 3 is 2.70 bits per heavy atom. The van der Waals surface area contributed by atoms with Crippen molar-refractivity contribution in [2.45, 2.75) is 38.1 Å². The number of hydrogen-bond donors (Lipinski definition) is 0. The second kappa shape index (κ2) is 8.66. The first-order chi connectivity index (χ1) is 13.3. The fourth-order valence-electron chi connectivity index (χ4n) is 4.72. The maximum absolute atomic E-state index is 12.9. The summed E-state index contributed by atoms with van der Waals surface area (Å²) < 4.78 is 0. The summed E-state index contributed by atoms with van der Waals surface area (Å²) >= 11 is 0. The number of carbonyl (C=O) groups is 1. The van der Waals surface area contributed by atoms with Crippen LogP contribution in [0.4, 0.5) is 0 Å². The van der Waals surface area contributed by atoms with Crippen LogP contribution in [0, 0.1) is 5.92 Å². The van der Waals surface area contributed by atoms with Crippen molar-refractivity contribution in [3.8, 4) is 0 Å². The van der Waals surface area contributed by atoms with Crippen LogP contribution in [0.1, 0.15) is 41.7 Å². The number of pyridine rings is 1. The van der Waals surface area contributed by atoms with Gasteiger partial charge in [-0.2, -0.15) is 0 Å². The number of amides is 1. The molecule has 0 unspecified atom stereocenters. The van der Waals surface area contributed by atoms with Crippen LogP contribution in [-0.2, 0) is 6.42 Å². The standard InChI is InChI=1S/C23H29N3O/c27-23(21-12-4-5-14-24-21)26-16-7-11-20-18-25(17-13-22(20)26)15-6-10-19-8-2-1-3-9-19/h1-5,8-9,12,14,20,22H,6-7,10-11,13,15-18H2/t20-,22+/m1/s1. The van der Waals surface area contributed by atoms with Gasteiger partial charge in [0.1, 0.15) is 5.69 Å². The highest BCUT2D eigenvalue weighted by Gasteiger charge is 2.38. The van der Waals surface area contributed by atoms with E-state index in [1.807, 2.05) is 18.2 Å². The minimum atomic E-state index is 0.114. The molecule has 2 aliphatic rings. The van der Waals surface area contributed by atoms with Crippen molar-refractivity contribution in [1.82, 2.24) is 14.8 Å². The molecule has 0 spiro atoms. The van der Waals surface area contributed by atoms with Crippen LogP contribution in [0.2, 0.25) is 0 Å². The highest BCUT2D eigenvalue weighted by atomic mass is 16.2. The zero-order valence-corrected chi connectivity index (χ0v) is 16.0. The lowest BCUT2D eigenvalue weighted by Crippen LogP contribution is -2.55. The van der Waals surface area contributed by atoms with Crippen LogP contribution in [0.15, 0.2) is 54.7 Å². The van der Waals surface area contributed by atoms with E-state index in [-0.39, 0.29) is 5.91 Å². The van der Waals surface area contributed by atoms with Gasteiger partial charge in [-0.15, -0.1) is 0 Å². The summed E-state index contributed by atoms with van der Waals surface area (Å²) in [6.07, 6.45) is 7.51. The molecule has 2 atom stereocenters. The number of aromatic nitrogens is 1. The van der Waals surface area contributed by atoms with Gasteiger partial charge in [-0.25, -0.2) is 0 Å². The van der Waals surface area contributed by atoms with E-state index < -0.39 is 0 Å². The first-order valence-electron chi connectivity index (χ1n) is 10.3. The molecule has 27 heavy (non-hydrogen) atoms. The number of hydrogen-bond acceptors (Lipinski definition) is 3. The number of fused-ring (bicyclic) bond motifs is 1. The highest BCUT2D eigenvalue weighted by Crippen LogP contribution is 2.31. The third-order valence-electron chi connectivity index (χ3n) is 6.08. The summed E-state index contributed by atoms with van der Waals surface area (Å²) in [5.74, 6) is 0.722. The summed E-state index contributed by atoms with van der Waals surface area (Å²) in [5, 5.41) is 0. The topological polar surface area (TPSA) is 36.4 Å². The Bertz CT molecular complexity index is 734. The maximum atomic E-state index is 12.9. The van der Waals surface area contributed by atoms with Gasteiger partial charge in [-0.05, 0) is 62.3 Å². The molecule has 1 aromatic heterocycles. The van der Waals surface area contributed by atoms with E-state index in [2.05, 4.69) is 45.1 Å². The largest absolute Gasteiger partial charge is 0.334 e. The van der Waals surface area contributed by atoms with E-state index in [4.69, 9.17) is 0 Å². The van der Waals surface area contributed by atoms with Gasteiger partial charge in [0.05, 0.1) is 0 Å². The molecule has 0 saturated carbocycles. The fourth-order valence-corrected chi connectivity index (χ4v) is 4.72. The van der Waals surface area contributed by atoms with Crippen molar-refractivity contribution < 1.29 is 4.79 Å². The first-order valence-corrected chi connectivity index (χ1v) is 10.3. The molecule has 1 aromatic carbocycles. The van der Waals surface area contributed by atoms with Gasteiger partial charge < -0.3 is 9.80 Å². The molecule has 0 bridgehead atoms. The number of rotatable bonds is 5. The summed E-state index contributed by atoms with van der Waals surface area (Å²) in [6.45, 7) is 4.27. The van der Waals surface area contributed by atoms with Gasteiger partial charge in [0.2, 0.25) is 0 Å². The Kier molecular flexibility index (Phi) is 5.83. The molecular weight excluding hydrogens is 334 g/mol. The second-order valence-corrected chi connectivity index (χ2v) is 7.86. The van der Waals surface area contributed by atoms with Gasteiger partial charge in [0.15, 0.2) is 0 Å². The van der Waals surface area contributed by atoms with Crippen molar-refractivity contribution in [2.24, 2.45) is 5.92 Å². The Labute approximate surface area is 162 Å². The average molecular weight is 364 g/mol. The van der Waals surface area contributed by atoms with Crippen LogP contribution in [0.3, 0.4) is 0 Å². The van der Waals surface area contributed by atoms with Crippen LogP contribution in [0.25, 0.3) is 0 Å². The molecule has 4 rings (SSSR count). The molecule has 3 heterocycles. The van der Waals surface area contributed by atoms with Crippen LogP contribution in [-0.4, -0.2) is 52.9 Å². The molecule has 0 aliphatic carbocycles. The number of piperidine rings is 2. The lowest BCUT2D eigenvalue weighted by atomic mass is 9.83. The second-order valence-electron chi connectivity index (χ2n) is 7.86. The molecule has 2 aromatic rings. The molecule has 2 aliphatic heterocycles. The third kappa shape index (κ3) is 4.38. The van der Waals surface area contributed by atoms with E-state index in [0.717, 1.165) is 45.4 Å². The number of aryl methyl sites for hydroxylation is 1. The van der Waals surface area contributed by atoms with Crippen molar-refractivity contribution in [3.05, 3.63) is 66.0 Å². The molecule has 4 nitrogen and oxygen atoms in total. The van der Waals surface area contributed by atoms with Crippen LogP contribution in [0.5, 0.6) is 0 Å². The first kappa shape index (κ1) is 18.2. The molecule has 0 N–H and O–H groups in total. The lowest BCUT2D eigenvalue weighted by Gasteiger charge is -2.47. The molecule has 142 valence electrons. The Hall–Kier alpha value is -2.20. The number of carbonyl (C=O) groups excluding carboxylic acids is 1. The average Bonchev–Trinajstić information content (AvgIpc) is 2.74. The normalized spacial score (nSPS) is 23.0. The predicted octanol–water partition coefficient (Wildman–Crippen LogP) is 3.64. The zero-order chi connectivity index (χ0) is 18.5. The summed E-state index contributed by atoms with van der Waals surface area (Å²) in [7, 11) is 0. The van der Waals surface area contributed by atoms with Crippen LogP contribution >= 0.6 is 0 Å². The van der Waals surface area contributed by atoms with Gasteiger partial charge >= 0.3 is 0 Å².